The summed E-state index contributed by atoms with van der Waals surface area (Å²) in [5.74, 6) is 0. The molecule has 0 aromatic heterocycles. The zero-order chi connectivity index (χ0) is 19.8. The van der Waals surface area contributed by atoms with Crippen molar-refractivity contribution in [3.8, 4) is 0 Å². The molecule has 0 radical (unpaired) electrons. The van der Waals surface area contributed by atoms with Crippen LogP contribution in [0.5, 0.6) is 0 Å². The Labute approximate surface area is 151 Å². The lowest BCUT2D eigenvalue weighted by Crippen LogP contribution is -2.19. The van der Waals surface area contributed by atoms with Crippen LogP contribution in [0.2, 0.25) is 0 Å². The SMILES string of the molecule is O=P(OCC(O)/C=C/CO)(OCC(O)/C=C/CO)OCC(O)/C=C/CO. The molecule has 0 saturated carbocycles. The van der Waals surface area contributed by atoms with E-state index < -0.39 is 46.0 Å². The van der Waals surface area contributed by atoms with E-state index in [9.17, 15) is 19.9 Å². The Morgan fingerprint density at radius 2 is 0.923 bits per heavy atom. The van der Waals surface area contributed by atoms with Crippen molar-refractivity contribution in [1.29, 1.82) is 0 Å². The topological polar surface area (TPSA) is 166 Å². The quantitative estimate of drug-likeness (QED) is 0.147. The molecule has 0 aromatic carbocycles. The van der Waals surface area contributed by atoms with Crippen molar-refractivity contribution in [2.24, 2.45) is 0 Å². The van der Waals surface area contributed by atoms with Gasteiger partial charge in [0.25, 0.3) is 0 Å². The molecule has 3 atom stereocenters. The largest absolute Gasteiger partial charge is 0.475 e. The van der Waals surface area contributed by atoms with Gasteiger partial charge in [-0.3, -0.25) is 13.6 Å². The van der Waals surface area contributed by atoms with Gasteiger partial charge in [-0.15, -0.1) is 0 Å². The fourth-order valence-corrected chi connectivity index (χ4v) is 2.66. The molecular formula is C15H27O10P. The second-order valence-electron chi connectivity index (χ2n) is 4.87. The van der Waals surface area contributed by atoms with E-state index in [1.807, 2.05) is 0 Å². The first-order valence-corrected chi connectivity index (χ1v) is 9.23. The number of aliphatic hydroxyl groups excluding tert-OH is 6. The Morgan fingerprint density at radius 1 is 0.654 bits per heavy atom. The Hall–Kier alpha value is -0.910. The zero-order valence-electron chi connectivity index (χ0n) is 14.2. The smallest absolute Gasteiger partial charge is 0.392 e. The fourth-order valence-electron chi connectivity index (χ4n) is 1.44. The molecule has 152 valence electrons. The van der Waals surface area contributed by atoms with Crippen LogP contribution in [0.4, 0.5) is 0 Å². The molecule has 0 saturated heterocycles. The molecule has 3 unspecified atom stereocenters. The molecule has 0 aliphatic heterocycles. The molecule has 6 N–H and O–H groups in total. The molecule has 0 aliphatic rings. The second kappa shape index (κ2) is 15.2. The third kappa shape index (κ3) is 13.3. The van der Waals surface area contributed by atoms with Crippen molar-refractivity contribution in [3.63, 3.8) is 0 Å². The summed E-state index contributed by atoms with van der Waals surface area (Å²) in [6.45, 7) is -2.35. The van der Waals surface area contributed by atoms with Crippen LogP contribution in [0.25, 0.3) is 0 Å². The molecule has 0 fully saturated rings. The summed E-state index contributed by atoms with van der Waals surface area (Å²) >= 11 is 0. The number of phosphoric acid groups is 1. The summed E-state index contributed by atoms with van der Waals surface area (Å²) in [6, 6.07) is 0. The average Bonchev–Trinajstić information content (AvgIpc) is 2.64. The Bertz CT molecular complexity index is 412. The van der Waals surface area contributed by atoms with Gasteiger partial charge >= 0.3 is 7.82 Å². The van der Waals surface area contributed by atoms with Gasteiger partial charge < -0.3 is 30.6 Å². The van der Waals surface area contributed by atoms with Gasteiger partial charge in [-0.2, -0.15) is 0 Å². The monoisotopic (exact) mass is 398 g/mol. The number of phosphoric ester groups is 1. The van der Waals surface area contributed by atoms with Crippen molar-refractivity contribution in [1.82, 2.24) is 0 Å². The van der Waals surface area contributed by atoms with Crippen molar-refractivity contribution >= 4 is 7.82 Å². The molecule has 0 aromatic rings. The van der Waals surface area contributed by atoms with Gasteiger partial charge in [0.2, 0.25) is 0 Å². The molecule has 0 amide bonds. The Kier molecular flexibility index (Phi) is 14.6. The van der Waals surface area contributed by atoms with Gasteiger partial charge in [-0.05, 0) is 0 Å². The zero-order valence-corrected chi connectivity index (χ0v) is 15.1. The molecule has 26 heavy (non-hydrogen) atoms. The van der Waals surface area contributed by atoms with Gasteiger partial charge in [0.15, 0.2) is 0 Å². The third-order valence-electron chi connectivity index (χ3n) is 2.60. The number of rotatable bonds is 15. The molecule has 11 heteroatoms. The van der Waals surface area contributed by atoms with Crippen LogP contribution in [0, 0.1) is 0 Å². The molecular weight excluding hydrogens is 371 g/mol. The third-order valence-corrected chi connectivity index (χ3v) is 4.00. The predicted octanol–water partition coefficient (Wildman–Crippen LogP) is -1.13. The number of hydrogen-bond donors (Lipinski definition) is 6. The van der Waals surface area contributed by atoms with Crippen LogP contribution >= 0.6 is 7.82 Å². The maximum atomic E-state index is 12.5. The van der Waals surface area contributed by atoms with E-state index in [2.05, 4.69) is 0 Å². The highest BCUT2D eigenvalue weighted by Gasteiger charge is 2.29. The van der Waals surface area contributed by atoms with Gasteiger partial charge in [-0.1, -0.05) is 36.5 Å². The summed E-state index contributed by atoms with van der Waals surface area (Å²) < 4.78 is 27.4. The predicted molar refractivity (Wildman–Crippen MR) is 92.2 cm³/mol. The lowest BCUT2D eigenvalue weighted by atomic mass is 10.3. The van der Waals surface area contributed by atoms with Crippen LogP contribution in [0.3, 0.4) is 0 Å². The van der Waals surface area contributed by atoms with E-state index in [1.54, 1.807) is 0 Å². The fraction of sp³-hybridized carbons (Fsp3) is 0.600. The molecule has 0 rings (SSSR count). The minimum Gasteiger partial charge on any atom is -0.392 e. The van der Waals surface area contributed by atoms with E-state index in [-0.39, 0.29) is 19.8 Å². The highest BCUT2D eigenvalue weighted by atomic mass is 31.2. The van der Waals surface area contributed by atoms with E-state index in [1.165, 1.54) is 36.5 Å². The maximum Gasteiger partial charge on any atom is 0.475 e. The molecule has 0 aliphatic carbocycles. The maximum absolute atomic E-state index is 12.5. The van der Waals surface area contributed by atoms with Gasteiger partial charge in [0, 0.05) is 0 Å². The lowest BCUT2D eigenvalue weighted by Gasteiger charge is -2.20. The minimum absolute atomic E-state index is 0.297. The minimum atomic E-state index is -4.25. The van der Waals surface area contributed by atoms with Gasteiger partial charge in [0.1, 0.15) is 0 Å². The standard InChI is InChI=1S/C15H27O10P/c16-7-1-4-13(19)10-23-26(22,24-11-14(20)5-2-8-17)25-12-15(21)6-3-9-18/h1-6,13-21H,7-12H2/b4-1+,5-2+,6-3+. The summed E-state index contributed by atoms with van der Waals surface area (Å²) in [6.07, 6.45) is 3.82. The lowest BCUT2D eigenvalue weighted by molar-refractivity contribution is 0.0418. The molecule has 10 nitrogen and oxygen atoms in total. The van der Waals surface area contributed by atoms with E-state index in [0.29, 0.717) is 0 Å². The molecule has 0 heterocycles. The highest BCUT2D eigenvalue weighted by molar-refractivity contribution is 7.48. The second-order valence-corrected chi connectivity index (χ2v) is 6.54. The van der Waals surface area contributed by atoms with Crippen LogP contribution in [0.1, 0.15) is 0 Å². The number of hydrogen-bond acceptors (Lipinski definition) is 10. The van der Waals surface area contributed by atoms with Crippen molar-refractivity contribution in [3.05, 3.63) is 36.5 Å². The van der Waals surface area contributed by atoms with Crippen LogP contribution < -0.4 is 0 Å². The van der Waals surface area contributed by atoms with Crippen LogP contribution in [-0.4, -0.2) is 88.6 Å². The Balaban J connectivity index is 4.78. The van der Waals surface area contributed by atoms with Gasteiger partial charge in [-0.25, -0.2) is 4.57 Å². The highest BCUT2D eigenvalue weighted by Crippen LogP contribution is 2.49. The van der Waals surface area contributed by atoms with Crippen molar-refractivity contribution in [2.45, 2.75) is 18.3 Å². The molecule has 0 spiro atoms. The summed E-state index contributed by atoms with van der Waals surface area (Å²) in [4.78, 5) is 0. The normalized spacial score (nSPS) is 18.5. The van der Waals surface area contributed by atoms with Crippen LogP contribution in [-0.2, 0) is 18.1 Å². The van der Waals surface area contributed by atoms with Crippen LogP contribution in [0.15, 0.2) is 36.5 Å². The van der Waals surface area contributed by atoms with Crippen molar-refractivity contribution in [2.75, 3.05) is 39.6 Å². The first kappa shape index (κ1) is 25.1. The first-order valence-electron chi connectivity index (χ1n) is 7.77. The summed E-state index contributed by atoms with van der Waals surface area (Å²) in [5.41, 5.74) is 0. The van der Waals surface area contributed by atoms with E-state index in [0.717, 1.165) is 0 Å². The average molecular weight is 398 g/mol. The van der Waals surface area contributed by atoms with Gasteiger partial charge in [0.05, 0.1) is 58.0 Å². The summed E-state index contributed by atoms with van der Waals surface area (Å²) in [7, 11) is -4.25. The summed E-state index contributed by atoms with van der Waals surface area (Å²) in [5, 5.41) is 54.7. The molecule has 0 bridgehead atoms. The number of aliphatic hydroxyl groups is 6. The van der Waals surface area contributed by atoms with E-state index >= 15 is 0 Å². The van der Waals surface area contributed by atoms with Crippen molar-refractivity contribution < 1.29 is 48.8 Å². The Morgan fingerprint density at radius 3 is 1.15 bits per heavy atom. The first-order chi connectivity index (χ1) is 12.4. The van der Waals surface area contributed by atoms with E-state index in [4.69, 9.17) is 28.9 Å².